The second-order valence-electron chi connectivity index (χ2n) is 11.8. The lowest BCUT2D eigenvalue weighted by molar-refractivity contribution is 0.438. The van der Waals surface area contributed by atoms with Crippen LogP contribution in [0.5, 0.6) is 0 Å². The molecule has 0 radical (unpaired) electrons. The molecule has 0 unspecified atom stereocenters. The zero-order valence-corrected chi connectivity index (χ0v) is 26.1. The lowest BCUT2D eigenvalue weighted by Gasteiger charge is -2.33. The van der Waals surface area contributed by atoms with Crippen LogP contribution >= 0.6 is 23.8 Å². The molecule has 212 valence electrons. The maximum Gasteiger partial charge on any atom is 0.174 e. The third-order valence-electron chi connectivity index (χ3n) is 8.83. The number of pyridine rings is 1. The quantitative estimate of drug-likeness (QED) is 0.240. The SMILES string of the molecule is Cc1ccc(C)c(-n2c(C)cc([C@H]3[C@@H](c4ccccn4)NC(=S)N3c3ccc(N4CCC(C)CC4)c(Cl)c3)c2C)c1. The monoisotopic (exact) mass is 583 g/mol. The summed E-state index contributed by atoms with van der Waals surface area (Å²) >= 11 is 13.0. The summed E-state index contributed by atoms with van der Waals surface area (Å²) in [4.78, 5) is 9.40. The van der Waals surface area contributed by atoms with Gasteiger partial charge in [-0.25, -0.2) is 0 Å². The van der Waals surface area contributed by atoms with Gasteiger partial charge in [-0.1, -0.05) is 36.7 Å². The zero-order valence-electron chi connectivity index (χ0n) is 24.5. The third-order valence-corrected chi connectivity index (χ3v) is 9.44. The van der Waals surface area contributed by atoms with Crippen LogP contribution in [-0.4, -0.2) is 27.8 Å². The predicted octanol–water partition coefficient (Wildman–Crippen LogP) is 8.17. The van der Waals surface area contributed by atoms with Crippen molar-refractivity contribution in [3.63, 3.8) is 0 Å². The molecule has 2 aromatic heterocycles. The Bertz CT molecular complexity index is 1590. The molecule has 4 aromatic rings. The van der Waals surface area contributed by atoms with Gasteiger partial charge in [0.2, 0.25) is 0 Å². The summed E-state index contributed by atoms with van der Waals surface area (Å²) in [7, 11) is 0. The van der Waals surface area contributed by atoms with Crippen LogP contribution in [-0.2, 0) is 0 Å². The van der Waals surface area contributed by atoms with Crippen molar-refractivity contribution in [3.05, 3.63) is 106 Å². The lowest BCUT2D eigenvalue weighted by atomic mass is 9.96. The number of hydrogen-bond donors (Lipinski definition) is 1. The first-order valence-electron chi connectivity index (χ1n) is 14.5. The Morgan fingerprint density at radius 2 is 1.71 bits per heavy atom. The first-order valence-corrected chi connectivity index (χ1v) is 15.3. The fourth-order valence-electron chi connectivity index (χ4n) is 6.52. The van der Waals surface area contributed by atoms with Crippen molar-refractivity contribution < 1.29 is 0 Å². The first-order chi connectivity index (χ1) is 19.7. The molecule has 2 aromatic carbocycles. The Balaban J connectivity index is 1.45. The highest BCUT2D eigenvalue weighted by molar-refractivity contribution is 7.80. The summed E-state index contributed by atoms with van der Waals surface area (Å²) < 4.78 is 2.38. The Labute approximate surface area is 254 Å². The average Bonchev–Trinajstić information content (AvgIpc) is 3.45. The van der Waals surface area contributed by atoms with Gasteiger partial charge in [0, 0.05) is 42.0 Å². The summed E-state index contributed by atoms with van der Waals surface area (Å²) in [6.45, 7) is 13.1. The van der Waals surface area contributed by atoms with Gasteiger partial charge in [0.05, 0.1) is 28.5 Å². The molecule has 2 aliphatic heterocycles. The van der Waals surface area contributed by atoms with Crippen molar-refractivity contribution in [2.45, 2.75) is 59.5 Å². The van der Waals surface area contributed by atoms with Gasteiger partial charge in [0.25, 0.3) is 0 Å². The number of anilines is 2. The summed E-state index contributed by atoms with van der Waals surface area (Å²) in [6, 6.07) is 21.2. The van der Waals surface area contributed by atoms with E-state index in [-0.39, 0.29) is 12.1 Å². The minimum absolute atomic E-state index is 0.0970. The van der Waals surface area contributed by atoms with Gasteiger partial charge in [-0.2, -0.15) is 0 Å². The number of hydrogen-bond acceptors (Lipinski definition) is 3. The number of halogens is 1. The smallest absolute Gasteiger partial charge is 0.174 e. The lowest BCUT2D eigenvalue weighted by Crippen LogP contribution is -2.33. The number of aryl methyl sites for hydroxylation is 3. The number of aromatic nitrogens is 2. The number of piperidine rings is 1. The fourth-order valence-corrected chi connectivity index (χ4v) is 7.16. The van der Waals surface area contributed by atoms with Crippen LogP contribution in [0.25, 0.3) is 5.69 Å². The van der Waals surface area contributed by atoms with Gasteiger partial charge in [-0.15, -0.1) is 0 Å². The fraction of sp³-hybridized carbons (Fsp3) is 0.353. The van der Waals surface area contributed by atoms with Gasteiger partial charge in [-0.3, -0.25) is 4.98 Å². The van der Waals surface area contributed by atoms with Crippen LogP contribution in [0.4, 0.5) is 11.4 Å². The van der Waals surface area contributed by atoms with Gasteiger partial charge < -0.3 is 19.7 Å². The molecular weight excluding hydrogens is 546 g/mol. The topological polar surface area (TPSA) is 36.3 Å². The minimum Gasteiger partial charge on any atom is -0.370 e. The molecule has 0 saturated carbocycles. The van der Waals surface area contributed by atoms with Crippen LogP contribution < -0.4 is 15.1 Å². The van der Waals surface area contributed by atoms with Crippen molar-refractivity contribution in [2.75, 3.05) is 22.9 Å². The average molecular weight is 584 g/mol. The maximum atomic E-state index is 7.00. The second kappa shape index (κ2) is 11.1. The van der Waals surface area contributed by atoms with Crippen molar-refractivity contribution in [1.82, 2.24) is 14.9 Å². The number of benzene rings is 2. The van der Waals surface area contributed by atoms with E-state index < -0.39 is 0 Å². The Kier molecular flexibility index (Phi) is 7.56. The van der Waals surface area contributed by atoms with Crippen LogP contribution in [0.1, 0.15) is 65.6 Å². The van der Waals surface area contributed by atoms with Crippen LogP contribution in [0, 0.1) is 33.6 Å². The standard InChI is InChI=1S/C34H38ClN5S/c1-21-13-16-38(17-14-21)30-12-11-26(20-28(30)35)40-33(32(37-34(40)41)29-8-6-7-15-36-29)27-19-24(4)39(25(27)5)31-18-22(2)9-10-23(31)3/h6-12,15,18-21,32-33H,13-14,16-17H2,1-5H3,(H,37,41)/t32-,33+/m1/s1. The molecule has 41 heavy (non-hydrogen) atoms. The molecule has 0 amide bonds. The second-order valence-corrected chi connectivity index (χ2v) is 12.5. The number of nitrogens with one attached hydrogen (secondary N) is 1. The van der Waals surface area contributed by atoms with Crippen LogP contribution in [0.2, 0.25) is 5.02 Å². The van der Waals surface area contributed by atoms with E-state index >= 15 is 0 Å². The molecule has 2 aliphatic rings. The normalized spacial score (nSPS) is 19.6. The van der Waals surface area contributed by atoms with Crippen molar-refractivity contribution in [1.29, 1.82) is 0 Å². The summed E-state index contributed by atoms with van der Waals surface area (Å²) in [5.74, 6) is 0.768. The Morgan fingerprint density at radius 3 is 2.41 bits per heavy atom. The van der Waals surface area contributed by atoms with E-state index in [0.29, 0.717) is 5.11 Å². The molecule has 2 atom stereocenters. The molecule has 0 spiro atoms. The minimum atomic E-state index is -0.113. The van der Waals surface area contributed by atoms with E-state index in [1.54, 1.807) is 0 Å². The molecule has 2 fully saturated rings. The van der Waals surface area contributed by atoms with Gasteiger partial charge in [0.15, 0.2) is 5.11 Å². The van der Waals surface area contributed by atoms with Gasteiger partial charge in [-0.05, 0) is 118 Å². The summed E-state index contributed by atoms with van der Waals surface area (Å²) in [5, 5.41) is 5.06. The highest BCUT2D eigenvalue weighted by Crippen LogP contribution is 2.45. The molecule has 5 nitrogen and oxygen atoms in total. The van der Waals surface area contributed by atoms with Crippen molar-refractivity contribution in [2.24, 2.45) is 5.92 Å². The van der Waals surface area contributed by atoms with Crippen LogP contribution in [0.3, 0.4) is 0 Å². The van der Waals surface area contributed by atoms with Crippen molar-refractivity contribution in [3.8, 4) is 5.69 Å². The summed E-state index contributed by atoms with van der Waals surface area (Å²) in [6.07, 6.45) is 4.24. The van der Waals surface area contributed by atoms with E-state index in [2.05, 4.69) is 103 Å². The van der Waals surface area contributed by atoms with E-state index in [4.69, 9.17) is 28.8 Å². The van der Waals surface area contributed by atoms with Crippen molar-refractivity contribution >= 4 is 40.3 Å². The first kappa shape index (κ1) is 27.8. The summed E-state index contributed by atoms with van der Waals surface area (Å²) in [5.41, 5.74) is 10.4. The number of rotatable bonds is 5. The molecule has 6 rings (SSSR count). The molecule has 1 N–H and O–H groups in total. The highest BCUT2D eigenvalue weighted by Gasteiger charge is 2.42. The van der Waals surface area contributed by atoms with Crippen LogP contribution in [0.15, 0.2) is 66.9 Å². The maximum absolute atomic E-state index is 7.00. The molecule has 7 heteroatoms. The van der Waals surface area contributed by atoms with E-state index in [0.717, 1.165) is 41.1 Å². The molecule has 4 heterocycles. The molecule has 0 bridgehead atoms. The zero-order chi connectivity index (χ0) is 28.8. The highest BCUT2D eigenvalue weighted by atomic mass is 35.5. The van der Waals surface area contributed by atoms with E-state index in [1.807, 2.05) is 18.3 Å². The third kappa shape index (κ3) is 5.13. The Hall–Kier alpha value is -3.35. The van der Waals surface area contributed by atoms with E-state index in [1.165, 1.54) is 46.6 Å². The van der Waals surface area contributed by atoms with Gasteiger partial charge >= 0.3 is 0 Å². The molecule has 2 saturated heterocycles. The van der Waals surface area contributed by atoms with Gasteiger partial charge in [0.1, 0.15) is 0 Å². The predicted molar refractivity (Wildman–Crippen MR) is 175 cm³/mol. The Morgan fingerprint density at radius 1 is 0.927 bits per heavy atom. The number of nitrogens with zero attached hydrogens (tertiary/aromatic N) is 4. The van der Waals surface area contributed by atoms with E-state index in [9.17, 15) is 0 Å². The number of thiocarbonyl (C=S) groups is 1. The molecule has 0 aliphatic carbocycles. The molecular formula is C34H38ClN5S. The largest absolute Gasteiger partial charge is 0.370 e.